The van der Waals surface area contributed by atoms with Crippen LogP contribution in [0.4, 0.5) is 5.69 Å². The normalized spacial score (nSPS) is 14.9. The van der Waals surface area contributed by atoms with E-state index >= 15 is 0 Å². The molecule has 8 heteroatoms. The second-order valence-corrected chi connectivity index (χ2v) is 9.90. The topological polar surface area (TPSA) is 90.2 Å². The van der Waals surface area contributed by atoms with Gasteiger partial charge in [0, 0.05) is 11.7 Å². The molecule has 1 N–H and O–H groups in total. The smallest absolute Gasteiger partial charge is 0.294 e. The SMILES string of the molecule is CC[C@H](C)c1ccc(N(C(=O)c2ccco2)[C@@H](C(=O)NC2CCCC2)c2cc(OC)c(OC)c(OC)c2)cc1. The van der Waals surface area contributed by atoms with E-state index in [-0.39, 0.29) is 17.7 Å². The van der Waals surface area contributed by atoms with Crippen LogP contribution in [0.25, 0.3) is 0 Å². The largest absolute Gasteiger partial charge is 0.493 e. The number of hydrogen-bond acceptors (Lipinski definition) is 6. The van der Waals surface area contributed by atoms with E-state index in [1.807, 2.05) is 24.3 Å². The highest BCUT2D eigenvalue weighted by molar-refractivity contribution is 6.08. The molecule has 1 heterocycles. The van der Waals surface area contributed by atoms with E-state index in [1.165, 1.54) is 32.5 Å². The predicted octanol–water partition coefficient (Wildman–Crippen LogP) is 6.27. The Kier molecular flexibility index (Phi) is 9.17. The van der Waals surface area contributed by atoms with Crippen LogP contribution < -0.4 is 24.4 Å². The van der Waals surface area contributed by atoms with Crippen LogP contribution in [0, 0.1) is 0 Å². The molecule has 39 heavy (non-hydrogen) atoms. The maximum absolute atomic E-state index is 14.1. The van der Waals surface area contributed by atoms with Crippen LogP contribution in [0.1, 0.15) is 79.6 Å². The lowest BCUT2D eigenvalue weighted by atomic mass is 9.97. The molecule has 3 aromatic rings. The third kappa shape index (κ3) is 6.05. The van der Waals surface area contributed by atoms with Crippen molar-refractivity contribution in [3.63, 3.8) is 0 Å². The van der Waals surface area contributed by atoms with Crippen molar-refractivity contribution in [3.8, 4) is 17.2 Å². The fraction of sp³-hybridized carbons (Fsp3) is 0.419. The summed E-state index contributed by atoms with van der Waals surface area (Å²) in [6.45, 7) is 4.30. The van der Waals surface area contributed by atoms with Gasteiger partial charge in [-0.2, -0.15) is 0 Å². The van der Waals surface area contributed by atoms with Crippen molar-refractivity contribution in [1.29, 1.82) is 0 Å². The summed E-state index contributed by atoms with van der Waals surface area (Å²) in [5.41, 5.74) is 2.25. The Bertz CT molecular complexity index is 1220. The van der Waals surface area contributed by atoms with E-state index in [9.17, 15) is 9.59 Å². The van der Waals surface area contributed by atoms with E-state index < -0.39 is 11.9 Å². The number of ether oxygens (including phenoxy) is 3. The van der Waals surface area contributed by atoms with E-state index in [2.05, 4.69) is 19.2 Å². The van der Waals surface area contributed by atoms with Gasteiger partial charge in [-0.25, -0.2) is 0 Å². The van der Waals surface area contributed by atoms with Crippen LogP contribution in [-0.4, -0.2) is 39.2 Å². The molecule has 2 amide bonds. The maximum atomic E-state index is 14.1. The molecule has 2 aromatic carbocycles. The van der Waals surface area contributed by atoms with Gasteiger partial charge in [0.05, 0.1) is 27.6 Å². The summed E-state index contributed by atoms with van der Waals surface area (Å²) in [7, 11) is 4.57. The second-order valence-electron chi connectivity index (χ2n) is 9.90. The zero-order valence-corrected chi connectivity index (χ0v) is 23.4. The molecule has 1 aliphatic carbocycles. The number of rotatable bonds is 11. The van der Waals surface area contributed by atoms with E-state index in [0.29, 0.717) is 34.4 Å². The Morgan fingerprint density at radius 1 is 0.974 bits per heavy atom. The number of carbonyl (C=O) groups excluding carboxylic acids is 2. The average Bonchev–Trinajstić information content (AvgIpc) is 3.69. The molecule has 4 rings (SSSR count). The quantitative estimate of drug-likeness (QED) is 0.312. The summed E-state index contributed by atoms with van der Waals surface area (Å²) in [6, 6.07) is 13.5. The molecule has 208 valence electrons. The lowest BCUT2D eigenvalue weighted by Crippen LogP contribution is -2.46. The van der Waals surface area contributed by atoms with Crippen LogP contribution in [-0.2, 0) is 4.79 Å². The Labute approximate surface area is 230 Å². The summed E-state index contributed by atoms with van der Waals surface area (Å²) in [5.74, 6) is 0.960. The average molecular weight is 535 g/mol. The molecule has 0 aliphatic heterocycles. The van der Waals surface area contributed by atoms with Crippen molar-refractivity contribution in [2.45, 2.75) is 64.0 Å². The standard InChI is InChI=1S/C31H38N2O6/c1-6-20(2)21-13-15-24(16-14-21)33(31(35)25-12-9-17-39-25)28(30(34)32-23-10-7-8-11-23)22-18-26(36-3)29(38-5)27(19-22)37-4/h9,12-20,23,28H,6-8,10-11H2,1-5H3,(H,32,34)/t20-,28+/m0/s1. The number of methoxy groups -OCH3 is 3. The van der Waals surface area contributed by atoms with Gasteiger partial charge in [-0.1, -0.05) is 38.8 Å². The van der Waals surface area contributed by atoms with E-state index in [1.54, 1.807) is 24.3 Å². The Morgan fingerprint density at radius 3 is 2.13 bits per heavy atom. The van der Waals surface area contributed by atoms with Gasteiger partial charge in [0.15, 0.2) is 17.3 Å². The van der Waals surface area contributed by atoms with Gasteiger partial charge < -0.3 is 23.9 Å². The lowest BCUT2D eigenvalue weighted by Gasteiger charge is -2.32. The molecule has 2 atom stereocenters. The second kappa shape index (κ2) is 12.7. The van der Waals surface area contributed by atoms with Crippen LogP contribution in [0.5, 0.6) is 17.2 Å². The molecule has 1 aromatic heterocycles. The molecule has 1 aliphatic rings. The highest BCUT2D eigenvalue weighted by Gasteiger charge is 2.37. The fourth-order valence-corrected chi connectivity index (χ4v) is 5.13. The van der Waals surface area contributed by atoms with Crippen LogP contribution >= 0.6 is 0 Å². The minimum absolute atomic E-state index is 0.0513. The summed E-state index contributed by atoms with van der Waals surface area (Å²) in [4.78, 5) is 29.6. The van der Waals surface area contributed by atoms with Crippen LogP contribution in [0.2, 0.25) is 0 Å². The summed E-state index contributed by atoms with van der Waals surface area (Å²) in [5, 5.41) is 3.19. The third-order valence-electron chi connectivity index (χ3n) is 7.51. The number of nitrogens with one attached hydrogen (secondary N) is 1. The number of hydrogen-bond donors (Lipinski definition) is 1. The molecule has 0 saturated heterocycles. The van der Waals surface area contributed by atoms with Crippen molar-refractivity contribution in [3.05, 3.63) is 71.7 Å². The number of benzene rings is 2. The van der Waals surface area contributed by atoms with Gasteiger partial charge in [0.2, 0.25) is 11.7 Å². The first-order chi connectivity index (χ1) is 18.9. The van der Waals surface area contributed by atoms with Gasteiger partial charge in [-0.05, 0) is 72.7 Å². The predicted molar refractivity (Wildman–Crippen MR) is 150 cm³/mol. The maximum Gasteiger partial charge on any atom is 0.294 e. The molecule has 1 fully saturated rings. The first-order valence-electron chi connectivity index (χ1n) is 13.5. The van der Waals surface area contributed by atoms with Crippen molar-refractivity contribution >= 4 is 17.5 Å². The summed E-state index contributed by atoms with van der Waals surface area (Å²) < 4.78 is 22.2. The van der Waals surface area contributed by atoms with Gasteiger partial charge >= 0.3 is 0 Å². The first-order valence-corrected chi connectivity index (χ1v) is 13.5. The van der Waals surface area contributed by atoms with Gasteiger partial charge in [0.1, 0.15) is 6.04 Å². The van der Waals surface area contributed by atoms with Crippen molar-refractivity contribution in [2.24, 2.45) is 0 Å². The molecule has 0 bridgehead atoms. The van der Waals surface area contributed by atoms with Crippen LogP contribution in [0.3, 0.4) is 0 Å². The molecule has 1 saturated carbocycles. The summed E-state index contributed by atoms with van der Waals surface area (Å²) >= 11 is 0. The van der Waals surface area contributed by atoms with Gasteiger partial charge in [0.25, 0.3) is 5.91 Å². The molecular formula is C31H38N2O6. The molecule has 0 unspecified atom stereocenters. The molecular weight excluding hydrogens is 496 g/mol. The van der Waals surface area contributed by atoms with Crippen molar-refractivity contribution in [1.82, 2.24) is 5.32 Å². The Balaban J connectivity index is 1.89. The van der Waals surface area contributed by atoms with E-state index in [4.69, 9.17) is 18.6 Å². The number of nitrogens with zero attached hydrogens (tertiary/aromatic N) is 1. The fourth-order valence-electron chi connectivity index (χ4n) is 5.13. The lowest BCUT2D eigenvalue weighted by molar-refractivity contribution is -0.123. The highest BCUT2D eigenvalue weighted by Crippen LogP contribution is 2.42. The zero-order chi connectivity index (χ0) is 27.9. The Morgan fingerprint density at radius 2 is 1.62 bits per heavy atom. The number of amides is 2. The van der Waals surface area contributed by atoms with Crippen molar-refractivity contribution < 1.29 is 28.2 Å². The highest BCUT2D eigenvalue weighted by atomic mass is 16.5. The third-order valence-corrected chi connectivity index (χ3v) is 7.51. The minimum Gasteiger partial charge on any atom is -0.493 e. The zero-order valence-electron chi connectivity index (χ0n) is 23.4. The van der Waals surface area contributed by atoms with E-state index in [0.717, 1.165) is 37.7 Å². The molecule has 0 radical (unpaired) electrons. The first kappa shape index (κ1) is 28.1. The van der Waals surface area contributed by atoms with Gasteiger partial charge in [-0.15, -0.1) is 0 Å². The van der Waals surface area contributed by atoms with Crippen molar-refractivity contribution in [2.75, 3.05) is 26.2 Å². The minimum atomic E-state index is -1.04. The molecule has 0 spiro atoms. The molecule has 8 nitrogen and oxygen atoms in total. The van der Waals surface area contributed by atoms with Gasteiger partial charge in [-0.3, -0.25) is 14.5 Å². The number of carbonyl (C=O) groups is 2. The van der Waals surface area contributed by atoms with Crippen LogP contribution in [0.15, 0.2) is 59.2 Å². The number of anilines is 1. The monoisotopic (exact) mass is 534 g/mol. The number of furan rings is 1. The Hall–Kier alpha value is -3.94. The summed E-state index contributed by atoms with van der Waals surface area (Å²) in [6.07, 6.45) is 6.38.